The molecule has 29 heavy (non-hydrogen) atoms. The Morgan fingerprint density at radius 3 is 2.69 bits per heavy atom. The maximum absolute atomic E-state index is 12.5. The number of piperidine rings is 1. The van der Waals surface area contributed by atoms with E-state index in [-0.39, 0.29) is 17.4 Å². The molecule has 152 valence electrons. The quantitative estimate of drug-likeness (QED) is 0.653. The fourth-order valence-electron chi connectivity index (χ4n) is 3.78. The topological polar surface area (TPSA) is 73.9 Å². The summed E-state index contributed by atoms with van der Waals surface area (Å²) in [5.41, 5.74) is 2.37. The fraction of sp³-hybridized carbons (Fsp3) is 0.409. The zero-order chi connectivity index (χ0) is 20.6. The van der Waals surface area contributed by atoms with Gasteiger partial charge in [0.15, 0.2) is 0 Å². The highest BCUT2D eigenvalue weighted by Gasteiger charge is 2.30. The number of anilines is 1. The number of nitrogens with one attached hydrogen (secondary N) is 2. The molecule has 1 amide bonds. The van der Waals surface area contributed by atoms with Crippen molar-refractivity contribution in [2.24, 2.45) is 5.41 Å². The Kier molecular flexibility index (Phi) is 5.21. The Balaban J connectivity index is 1.49. The average Bonchev–Trinajstić information content (AvgIpc) is 3.13. The number of likely N-dealkylation sites (tertiary alicyclic amines) is 1. The first-order valence-corrected chi connectivity index (χ1v) is 10.4. The molecule has 6 nitrogen and oxygen atoms in total. The first kappa shape index (κ1) is 19.7. The summed E-state index contributed by atoms with van der Waals surface area (Å²) in [7, 11) is 0. The van der Waals surface area contributed by atoms with Crippen molar-refractivity contribution in [1.29, 1.82) is 0 Å². The van der Waals surface area contributed by atoms with Crippen molar-refractivity contribution >= 4 is 34.4 Å². The van der Waals surface area contributed by atoms with Gasteiger partial charge in [0.1, 0.15) is 0 Å². The van der Waals surface area contributed by atoms with Gasteiger partial charge in [0.2, 0.25) is 11.9 Å². The van der Waals surface area contributed by atoms with E-state index in [2.05, 4.69) is 21.4 Å². The summed E-state index contributed by atoms with van der Waals surface area (Å²) in [6.45, 7) is 7.39. The summed E-state index contributed by atoms with van der Waals surface area (Å²) in [6.07, 6.45) is 5.32. The van der Waals surface area contributed by atoms with Crippen LogP contribution in [0.3, 0.4) is 0 Å². The molecule has 3 aromatic rings. The molecule has 0 bridgehead atoms. The number of aromatic amines is 1. The van der Waals surface area contributed by atoms with Crippen LogP contribution >= 0.6 is 11.6 Å². The maximum atomic E-state index is 12.5. The molecular formula is C22H26ClN5O. The molecule has 2 aromatic heterocycles. The van der Waals surface area contributed by atoms with Crippen LogP contribution < -0.4 is 5.32 Å². The molecule has 1 aromatic carbocycles. The van der Waals surface area contributed by atoms with Crippen molar-refractivity contribution in [3.8, 4) is 11.3 Å². The van der Waals surface area contributed by atoms with E-state index < -0.39 is 0 Å². The van der Waals surface area contributed by atoms with Crippen LogP contribution in [0.5, 0.6) is 0 Å². The largest absolute Gasteiger partial charge is 0.360 e. The lowest BCUT2D eigenvalue weighted by Gasteiger charge is -2.36. The zero-order valence-corrected chi connectivity index (χ0v) is 17.8. The van der Waals surface area contributed by atoms with E-state index in [9.17, 15) is 4.79 Å². The van der Waals surface area contributed by atoms with Crippen molar-refractivity contribution in [1.82, 2.24) is 19.9 Å². The van der Waals surface area contributed by atoms with Crippen LogP contribution in [0.25, 0.3) is 22.2 Å². The molecule has 1 aliphatic rings. The Morgan fingerprint density at radius 1 is 1.24 bits per heavy atom. The van der Waals surface area contributed by atoms with Crippen LogP contribution in [0.1, 0.15) is 33.6 Å². The average molecular weight is 412 g/mol. The number of aromatic nitrogens is 3. The molecule has 0 saturated carbocycles. The molecule has 0 atom stereocenters. The number of hydrogen-bond acceptors (Lipinski definition) is 4. The van der Waals surface area contributed by atoms with Gasteiger partial charge in [-0.2, -0.15) is 0 Å². The molecule has 0 unspecified atom stereocenters. The van der Waals surface area contributed by atoms with Gasteiger partial charge in [-0.15, -0.1) is 0 Å². The molecule has 0 aliphatic carbocycles. The van der Waals surface area contributed by atoms with Crippen LogP contribution in [-0.2, 0) is 4.79 Å². The van der Waals surface area contributed by atoms with Gasteiger partial charge in [0, 0.05) is 47.2 Å². The minimum atomic E-state index is -0.339. The van der Waals surface area contributed by atoms with Gasteiger partial charge in [-0.1, -0.05) is 50.6 Å². The number of hydrogen-bond donors (Lipinski definition) is 2. The number of amides is 1. The third-order valence-electron chi connectivity index (χ3n) is 5.35. The van der Waals surface area contributed by atoms with Crippen molar-refractivity contribution in [2.75, 3.05) is 18.4 Å². The number of halogens is 1. The van der Waals surface area contributed by atoms with E-state index in [1.165, 1.54) is 0 Å². The number of benzene rings is 1. The molecule has 4 rings (SSSR count). The molecule has 1 fully saturated rings. The predicted octanol–water partition coefficient (Wildman–Crippen LogP) is 4.73. The SMILES string of the molecule is CC(C)(C)C(=O)N1CCC(Nc2ncc(Cl)c(-c3c[nH]c4ccccc34)n2)CC1. The first-order valence-electron chi connectivity index (χ1n) is 9.98. The summed E-state index contributed by atoms with van der Waals surface area (Å²) < 4.78 is 0. The lowest BCUT2D eigenvalue weighted by molar-refractivity contribution is -0.140. The van der Waals surface area contributed by atoms with Crippen molar-refractivity contribution in [2.45, 2.75) is 39.7 Å². The fourth-order valence-corrected chi connectivity index (χ4v) is 3.97. The summed E-state index contributed by atoms with van der Waals surface area (Å²) >= 11 is 6.42. The van der Waals surface area contributed by atoms with E-state index in [1.807, 2.05) is 50.1 Å². The molecule has 0 radical (unpaired) electrons. The summed E-state index contributed by atoms with van der Waals surface area (Å²) in [4.78, 5) is 26.8. The lowest BCUT2D eigenvalue weighted by atomic mass is 9.93. The number of rotatable bonds is 3. The van der Waals surface area contributed by atoms with E-state index in [0.29, 0.717) is 16.7 Å². The molecule has 7 heteroatoms. The summed E-state index contributed by atoms with van der Waals surface area (Å²) in [5.74, 6) is 0.774. The normalized spacial score (nSPS) is 15.7. The number of carbonyl (C=O) groups is 1. The standard InChI is InChI=1S/C22H26ClN5O/c1-22(2,3)20(29)28-10-8-14(9-11-28)26-21-25-13-17(23)19(27-21)16-12-24-18-7-5-4-6-15(16)18/h4-7,12-14,24H,8-11H2,1-3H3,(H,25,26,27). The molecular weight excluding hydrogens is 386 g/mol. The van der Waals surface area contributed by atoms with E-state index >= 15 is 0 Å². The van der Waals surface area contributed by atoms with Crippen LogP contribution in [-0.4, -0.2) is 44.9 Å². The molecule has 3 heterocycles. The Labute approximate surface area is 175 Å². The number of carbonyl (C=O) groups excluding carboxylic acids is 1. The van der Waals surface area contributed by atoms with Crippen LogP contribution in [0.15, 0.2) is 36.7 Å². The Hall–Kier alpha value is -2.60. The van der Waals surface area contributed by atoms with E-state index in [0.717, 1.165) is 42.4 Å². The zero-order valence-electron chi connectivity index (χ0n) is 17.0. The number of nitrogens with zero attached hydrogens (tertiary/aromatic N) is 3. The molecule has 1 aliphatic heterocycles. The van der Waals surface area contributed by atoms with Gasteiger partial charge in [-0.25, -0.2) is 9.97 Å². The highest BCUT2D eigenvalue weighted by Crippen LogP contribution is 2.32. The smallest absolute Gasteiger partial charge is 0.227 e. The van der Waals surface area contributed by atoms with E-state index in [1.54, 1.807) is 6.20 Å². The summed E-state index contributed by atoms with van der Waals surface area (Å²) in [5, 5.41) is 5.02. The number of para-hydroxylation sites is 1. The molecule has 2 N–H and O–H groups in total. The second-order valence-corrected chi connectivity index (χ2v) is 9.01. The molecule has 1 saturated heterocycles. The molecule has 0 spiro atoms. The summed E-state index contributed by atoms with van der Waals surface area (Å²) in [6, 6.07) is 8.30. The van der Waals surface area contributed by atoms with Gasteiger partial charge in [0.05, 0.1) is 16.9 Å². The second kappa shape index (κ2) is 7.67. The van der Waals surface area contributed by atoms with Gasteiger partial charge in [-0.05, 0) is 18.9 Å². The highest BCUT2D eigenvalue weighted by atomic mass is 35.5. The Morgan fingerprint density at radius 2 is 1.97 bits per heavy atom. The third kappa shape index (κ3) is 4.08. The van der Waals surface area contributed by atoms with Crippen LogP contribution in [0, 0.1) is 5.41 Å². The Bertz CT molecular complexity index is 1030. The third-order valence-corrected chi connectivity index (χ3v) is 5.62. The van der Waals surface area contributed by atoms with Gasteiger partial charge < -0.3 is 15.2 Å². The minimum Gasteiger partial charge on any atom is -0.360 e. The second-order valence-electron chi connectivity index (χ2n) is 8.60. The maximum Gasteiger partial charge on any atom is 0.227 e. The van der Waals surface area contributed by atoms with Crippen LogP contribution in [0.4, 0.5) is 5.95 Å². The van der Waals surface area contributed by atoms with Gasteiger partial charge in [0.25, 0.3) is 0 Å². The van der Waals surface area contributed by atoms with Crippen LogP contribution in [0.2, 0.25) is 5.02 Å². The van der Waals surface area contributed by atoms with E-state index in [4.69, 9.17) is 16.6 Å². The number of fused-ring (bicyclic) bond motifs is 1. The number of H-pyrrole nitrogens is 1. The van der Waals surface area contributed by atoms with Crippen molar-refractivity contribution in [3.63, 3.8) is 0 Å². The first-order chi connectivity index (χ1) is 13.8. The van der Waals surface area contributed by atoms with Crippen molar-refractivity contribution < 1.29 is 4.79 Å². The van der Waals surface area contributed by atoms with Gasteiger partial charge >= 0.3 is 0 Å². The monoisotopic (exact) mass is 411 g/mol. The highest BCUT2D eigenvalue weighted by molar-refractivity contribution is 6.33. The minimum absolute atomic E-state index is 0.209. The lowest BCUT2D eigenvalue weighted by Crippen LogP contribution is -2.46. The van der Waals surface area contributed by atoms with Crippen molar-refractivity contribution in [3.05, 3.63) is 41.7 Å². The van der Waals surface area contributed by atoms with Gasteiger partial charge in [-0.3, -0.25) is 4.79 Å². The predicted molar refractivity (Wildman–Crippen MR) is 117 cm³/mol.